The van der Waals surface area contributed by atoms with Gasteiger partial charge < -0.3 is 15.2 Å². The first-order chi connectivity index (χ1) is 9.56. The van der Waals surface area contributed by atoms with E-state index < -0.39 is 0 Å². The molecule has 1 heterocycles. The second-order valence-electron chi connectivity index (χ2n) is 5.01. The molecule has 110 valence electrons. The van der Waals surface area contributed by atoms with E-state index in [2.05, 4.69) is 24.2 Å². The number of nitrogens with zero attached hydrogens (tertiary/aromatic N) is 3. The quantitative estimate of drug-likeness (QED) is 0.874. The number of benzene rings is 1. The van der Waals surface area contributed by atoms with Gasteiger partial charge in [-0.25, -0.2) is 4.68 Å². The van der Waals surface area contributed by atoms with Crippen LogP contribution in [0.25, 0.3) is 11.0 Å². The molecule has 6 heteroatoms. The summed E-state index contributed by atoms with van der Waals surface area (Å²) in [6, 6.07) is 3.72. The summed E-state index contributed by atoms with van der Waals surface area (Å²) in [5, 5.41) is 8.38. The van der Waals surface area contributed by atoms with Crippen LogP contribution < -0.4 is 15.2 Å². The number of rotatable bonds is 6. The summed E-state index contributed by atoms with van der Waals surface area (Å²) in [6.07, 6.45) is 1.77. The molecule has 0 saturated carbocycles. The van der Waals surface area contributed by atoms with E-state index in [0.717, 1.165) is 23.9 Å². The topological polar surface area (TPSA) is 75.2 Å². The van der Waals surface area contributed by atoms with Crippen molar-refractivity contribution in [3.8, 4) is 11.5 Å². The van der Waals surface area contributed by atoms with Crippen LogP contribution in [0, 0.1) is 0 Å². The van der Waals surface area contributed by atoms with Crippen molar-refractivity contribution < 1.29 is 9.47 Å². The number of hydrogen-bond acceptors (Lipinski definition) is 5. The Morgan fingerprint density at radius 1 is 1.15 bits per heavy atom. The van der Waals surface area contributed by atoms with Crippen LogP contribution in [-0.2, 0) is 6.54 Å². The maximum atomic E-state index is 6.36. The molecule has 0 spiro atoms. The lowest BCUT2D eigenvalue weighted by Gasteiger charge is -2.26. The Morgan fingerprint density at radius 2 is 1.75 bits per heavy atom. The zero-order valence-corrected chi connectivity index (χ0v) is 12.5. The highest BCUT2D eigenvalue weighted by molar-refractivity contribution is 5.79. The summed E-state index contributed by atoms with van der Waals surface area (Å²) in [4.78, 5) is 0. The van der Waals surface area contributed by atoms with Crippen LogP contribution in [0.3, 0.4) is 0 Å². The molecule has 2 rings (SSSR count). The summed E-state index contributed by atoms with van der Waals surface area (Å²) in [5.41, 5.74) is 7.77. The Labute approximate surface area is 118 Å². The number of fused-ring (bicyclic) bond motifs is 1. The van der Waals surface area contributed by atoms with Gasteiger partial charge in [-0.3, -0.25) is 0 Å². The van der Waals surface area contributed by atoms with E-state index >= 15 is 0 Å². The zero-order valence-electron chi connectivity index (χ0n) is 12.5. The van der Waals surface area contributed by atoms with Crippen molar-refractivity contribution in [3.63, 3.8) is 0 Å². The third kappa shape index (κ3) is 2.56. The van der Waals surface area contributed by atoms with Gasteiger partial charge in [-0.15, -0.1) is 5.10 Å². The minimum absolute atomic E-state index is 0.270. The maximum Gasteiger partial charge on any atom is 0.163 e. The van der Waals surface area contributed by atoms with Crippen molar-refractivity contribution in [2.45, 2.75) is 38.8 Å². The van der Waals surface area contributed by atoms with Crippen molar-refractivity contribution >= 4 is 11.0 Å². The molecule has 6 nitrogen and oxygen atoms in total. The molecule has 0 unspecified atom stereocenters. The molecule has 0 bridgehead atoms. The lowest BCUT2D eigenvalue weighted by molar-refractivity contribution is 0.325. The van der Waals surface area contributed by atoms with Crippen LogP contribution in [0.2, 0.25) is 0 Å². The third-order valence-corrected chi connectivity index (χ3v) is 3.89. The van der Waals surface area contributed by atoms with Gasteiger partial charge in [0.15, 0.2) is 11.5 Å². The Hall–Kier alpha value is -1.82. The molecular formula is C14H22N4O2. The fourth-order valence-corrected chi connectivity index (χ4v) is 2.18. The number of aromatic nitrogens is 3. The van der Waals surface area contributed by atoms with Crippen LogP contribution in [0.15, 0.2) is 12.1 Å². The minimum atomic E-state index is -0.270. The van der Waals surface area contributed by atoms with Crippen molar-refractivity contribution in [3.05, 3.63) is 12.1 Å². The van der Waals surface area contributed by atoms with Crippen molar-refractivity contribution in [1.29, 1.82) is 0 Å². The maximum absolute atomic E-state index is 6.36. The van der Waals surface area contributed by atoms with Gasteiger partial charge >= 0.3 is 0 Å². The predicted octanol–water partition coefficient (Wildman–Crippen LogP) is 1.97. The van der Waals surface area contributed by atoms with Gasteiger partial charge in [0.1, 0.15) is 5.52 Å². The fraction of sp³-hybridized carbons (Fsp3) is 0.571. The summed E-state index contributed by atoms with van der Waals surface area (Å²) in [5.74, 6) is 1.32. The summed E-state index contributed by atoms with van der Waals surface area (Å²) in [6.45, 7) is 4.81. The lowest BCUT2D eigenvalue weighted by Crippen LogP contribution is -2.43. The molecule has 0 radical (unpaired) electrons. The van der Waals surface area contributed by atoms with Crippen LogP contribution >= 0.6 is 0 Å². The highest BCUT2D eigenvalue weighted by Crippen LogP contribution is 2.31. The molecule has 0 fully saturated rings. The van der Waals surface area contributed by atoms with E-state index in [0.29, 0.717) is 18.0 Å². The zero-order chi connectivity index (χ0) is 14.8. The third-order valence-electron chi connectivity index (χ3n) is 3.89. The smallest absolute Gasteiger partial charge is 0.163 e. The van der Waals surface area contributed by atoms with Gasteiger partial charge in [-0.1, -0.05) is 19.1 Å². The summed E-state index contributed by atoms with van der Waals surface area (Å²) < 4.78 is 12.4. The van der Waals surface area contributed by atoms with Crippen molar-refractivity contribution in [2.24, 2.45) is 5.73 Å². The van der Waals surface area contributed by atoms with Crippen LogP contribution in [0.4, 0.5) is 0 Å². The molecule has 0 aliphatic carbocycles. The predicted molar refractivity (Wildman–Crippen MR) is 78.1 cm³/mol. The van der Waals surface area contributed by atoms with E-state index in [1.54, 1.807) is 14.2 Å². The SMILES string of the molecule is CCC(N)(CC)Cn1nnc2cc(OC)c(OC)cc21. The molecule has 0 amide bonds. The Morgan fingerprint density at radius 3 is 2.30 bits per heavy atom. The molecule has 2 N–H and O–H groups in total. The number of nitrogens with two attached hydrogens (primary N) is 1. The molecule has 20 heavy (non-hydrogen) atoms. The van der Waals surface area contributed by atoms with Gasteiger partial charge in [-0.2, -0.15) is 0 Å². The molecule has 0 aliphatic heterocycles. The molecule has 1 aromatic carbocycles. The van der Waals surface area contributed by atoms with Crippen LogP contribution in [0.1, 0.15) is 26.7 Å². The summed E-state index contributed by atoms with van der Waals surface area (Å²) in [7, 11) is 3.22. The van der Waals surface area contributed by atoms with Crippen LogP contribution in [-0.4, -0.2) is 34.8 Å². The van der Waals surface area contributed by atoms with E-state index in [9.17, 15) is 0 Å². The molecule has 0 aliphatic rings. The highest BCUT2D eigenvalue weighted by Gasteiger charge is 2.23. The van der Waals surface area contributed by atoms with E-state index in [1.807, 2.05) is 16.8 Å². The minimum Gasteiger partial charge on any atom is -0.493 e. The van der Waals surface area contributed by atoms with Gasteiger partial charge in [0.25, 0.3) is 0 Å². The largest absolute Gasteiger partial charge is 0.493 e. The monoisotopic (exact) mass is 278 g/mol. The first-order valence-electron chi connectivity index (χ1n) is 6.81. The molecule has 2 aromatic rings. The normalized spacial score (nSPS) is 11.8. The Balaban J connectivity index is 2.46. The Bertz CT molecular complexity index is 590. The van der Waals surface area contributed by atoms with Crippen LogP contribution in [0.5, 0.6) is 11.5 Å². The molecule has 1 aromatic heterocycles. The first-order valence-corrected chi connectivity index (χ1v) is 6.81. The number of ether oxygens (including phenoxy) is 2. The van der Waals surface area contributed by atoms with Gasteiger partial charge in [0.2, 0.25) is 0 Å². The highest BCUT2D eigenvalue weighted by atomic mass is 16.5. The van der Waals surface area contributed by atoms with Gasteiger partial charge in [-0.05, 0) is 12.8 Å². The first kappa shape index (κ1) is 14.6. The average molecular weight is 278 g/mol. The van der Waals surface area contributed by atoms with Crippen molar-refractivity contribution in [2.75, 3.05) is 14.2 Å². The fourth-order valence-electron chi connectivity index (χ4n) is 2.18. The molecule has 0 saturated heterocycles. The van der Waals surface area contributed by atoms with E-state index in [4.69, 9.17) is 15.2 Å². The van der Waals surface area contributed by atoms with Crippen molar-refractivity contribution in [1.82, 2.24) is 15.0 Å². The van der Waals surface area contributed by atoms with E-state index in [-0.39, 0.29) is 5.54 Å². The molecule has 0 atom stereocenters. The Kier molecular flexibility index (Phi) is 4.13. The average Bonchev–Trinajstić information content (AvgIpc) is 2.87. The second-order valence-corrected chi connectivity index (χ2v) is 5.01. The number of hydrogen-bond donors (Lipinski definition) is 1. The second kappa shape index (κ2) is 5.66. The number of methoxy groups -OCH3 is 2. The van der Waals surface area contributed by atoms with Gasteiger partial charge in [0, 0.05) is 17.7 Å². The standard InChI is InChI=1S/C14H22N4O2/c1-5-14(15,6-2)9-18-11-8-13(20-4)12(19-3)7-10(11)16-17-18/h7-8H,5-6,9,15H2,1-4H3. The van der Waals surface area contributed by atoms with E-state index in [1.165, 1.54) is 0 Å². The van der Waals surface area contributed by atoms with Gasteiger partial charge in [0.05, 0.1) is 26.3 Å². The molecular weight excluding hydrogens is 256 g/mol. The lowest BCUT2D eigenvalue weighted by atomic mass is 9.94. The summed E-state index contributed by atoms with van der Waals surface area (Å²) >= 11 is 0.